The molecule has 0 fully saturated rings. The van der Waals surface area contributed by atoms with Gasteiger partial charge in [0, 0.05) is 33.5 Å². The van der Waals surface area contributed by atoms with Crippen molar-refractivity contribution >= 4 is 96.5 Å². The largest absolute Gasteiger partial charge is 0.454 e. The van der Waals surface area contributed by atoms with Gasteiger partial charge in [-0.05, 0) is 99.0 Å². The van der Waals surface area contributed by atoms with Gasteiger partial charge in [0.1, 0.15) is 17.2 Å². The second-order valence-electron chi connectivity index (χ2n) is 18.4. The molecule has 3 aromatic heterocycles. The molecule has 9 aromatic rings. The van der Waals surface area contributed by atoms with Crippen LogP contribution in [0.5, 0.6) is 0 Å². The summed E-state index contributed by atoms with van der Waals surface area (Å²) in [6.07, 6.45) is 4.03. The predicted molar refractivity (Wildman–Crippen MR) is 255 cm³/mol. The van der Waals surface area contributed by atoms with Crippen molar-refractivity contribution in [2.24, 2.45) is 0 Å². The second-order valence-corrected chi connectivity index (χ2v) is 18.4. The number of hydrogen-bond donors (Lipinski definition) is 0. The summed E-state index contributed by atoms with van der Waals surface area (Å²) in [6.45, 7) is 13.4. The van der Waals surface area contributed by atoms with Crippen molar-refractivity contribution < 1.29 is 4.42 Å². The number of rotatable bonds is 5. The molecule has 6 nitrogen and oxygen atoms in total. The van der Waals surface area contributed by atoms with Crippen molar-refractivity contribution in [2.45, 2.75) is 52.4 Å². The molecule has 0 spiro atoms. The molecule has 0 aliphatic carbocycles. The summed E-state index contributed by atoms with van der Waals surface area (Å²) in [5.41, 5.74) is 15.0. The fraction of sp³-hybridized carbons (Fsp3) is 0.148. The maximum Gasteiger partial charge on any atom is 0.254 e. The van der Waals surface area contributed by atoms with Crippen LogP contribution < -0.4 is 31.1 Å². The van der Waals surface area contributed by atoms with Gasteiger partial charge in [-0.3, -0.25) is 14.8 Å². The highest BCUT2D eigenvalue weighted by molar-refractivity contribution is 7.00. The standard InChI is InChI=1S/C54H46BN5O/c1-53(2,3)35-23-27-38(28-24-35)58(39-29-25-36(26-30-39)54(4,5)6)49-32-31-43-52(57-49)60(45-21-14-18-41-40-17-10-13-22-48(40)61-51(41)45)47-34-56-33-46-50(47)55(43)42-19-11-12-20-44(42)59(46)37-15-8-7-9-16-37/h7-34H,1-6H3. The molecule has 0 N–H and O–H groups in total. The first-order valence-electron chi connectivity index (χ1n) is 21.2. The van der Waals surface area contributed by atoms with Crippen LogP contribution >= 0.6 is 0 Å². The van der Waals surface area contributed by atoms with Crippen molar-refractivity contribution in [3.05, 3.63) is 181 Å². The monoisotopic (exact) mass is 791 g/mol. The van der Waals surface area contributed by atoms with E-state index in [-0.39, 0.29) is 17.5 Å². The van der Waals surface area contributed by atoms with Gasteiger partial charge in [-0.2, -0.15) is 0 Å². The number of nitrogens with zero attached hydrogens (tertiary/aromatic N) is 5. The Labute approximate surface area is 357 Å². The quantitative estimate of drug-likeness (QED) is 0.162. The smallest absolute Gasteiger partial charge is 0.254 e. The number of furan rings is 1. The van der Waals surface area contributed by atoms with Gasteiger partial charge >= 0.3 is 0 Å². The number of anilines is 9. The Bertz CT molecular complexity index is 3070. The summed E-state index contributed by atoms with van der Waals surface area (Å²) in [5.74, 6) is 1.66. The van der Waals surface area contributed by atoms with Crippen LogP contribution in [0, 0.1) is 0 Å². The van der Waals surface area contributed by atoms with Gasteiger partial charge < -0.3 is 9.32 Å². The summed E-state index contributed by atoms with van der Waals surface area (Å²) in [4.78, 5) is 17.8. The maximum absolute atomic E-state index is 6.79. The molecule has 5 heterocycles. The number of pyridine rings is 2. The zero-order valence-corrected chi connectivity index (χ0v) is 35.4. The molecule has 11 rings (SSSR count). The van der Waals surface area contributed by atoms with Gasteiger partial charge in [0.25, 0.3) is 6.71 Å². The zero-order valence-electron chi connectivity index (χ0n) is 35.4. The van der Waals surface area contributed by atoms with Gasteiger partial charge in [-0.25, -0.2) is 4.98 Å². The molecule has 0 bridgehead atoms. The van der Waals surface area contributed by atoms with Crippen LogP contribution in [-0.4, -0.2) is 16.7 Å². The molecule has 0 saturated carbocycles. The van der Waals surface area contributed by atoms with Gasteiger partial charge in [0.05, 0.1) is 29.5 Å². The number of benzene rings is 6. The van der Waals surface area contributed by atoms with E-state index in [0.717, 1.165) is 78.8 Å². The topological polar surface area (TPSA) is 48.6 Å². The van der Waals surface area contributed by atoms with Crippen molar-refractivity contribution in [3.63, 3.8) is 0 Å². The van der Waals surface area contributed by atoms with E-state index in [4.69, 9.17) is 14.4 Å². The molecule has 6 aromatic carbocycles. The summed E-state index contributed by atoms with van der Waals surface area (Å²) < 4.78 is 6.79. The Balaban J connectivity index is 1.19. The Kier molecular flexibility index (Phi) is 8.30. The minimum Gasteiger partial charge on any atom is -0.454 e. The van der Waals surface area contributed by atoms with E-state index in [0.29, 0.717) is 0 Å². The average molecular weight is 792 g/mol. The fourth-order valence-electron chi connectivity index (χ4n) is 9.38. The third-order valence-electron chi connectivity index (χ3n) is 12.5. The molecular weight excluding hydrogens is 745 g/mol. The maximum atomic E-state index is 6.79. The Morgan fingerprint density at radius 2 is 1.10 bits per heavy atom. The Morgan fingerprint density at radius 3 is 1.79 bits per heavy atom. The summed E-state index contributed by atoms with van der Waals surface area (Å²) in [7, 11) is 0. The lowest BCUT2D eigenvalue weighted by Gasteiger charge is -2.43. The summed E-state index contributed by atoms with van der Waals surface area (Å²) >= 11 is 0. The highest BCUT2D eigenvalue weighted by Crippen LogP contribution is 2.47. The highest BCUT2D eigenvalue weighted by atomic mass is 16.3. The molecule has 2 aliphatic heterocycles. The minimum atomic E-state index is -0.0996. The van der Waals surface area contributed by atoms with Gasteiger partial charge in [0.15, 0.2) is 5.58 Å². The molecule has 0 unspecified atom stereocenters. The van der Waals surface area contributed by atoms with E-state index in [1.165, 1.54) is 22.1 Å². The predicted octanol–water partition coefficient (Wildman–Crippen LogP) is 12.5. The summed E-state index contributed by atoms with van der Waals surface area (Å²) in [6, 6.07) is 56.5. The second kappa shape index (κ2) is 13.7. The molecule has 0 saturated heterocycles. The van der Waals surface area contributed by atoms with E-state index in [2.05, 4.69) is 202 Å². The average Bonchev–Trinajstić information content (AvgIpc) is 3.66. The molecule has 61 heavy (non-hydrogen) atoms. The zero-order chi connectivity index (χ0) is 41.6. The third kappa shape index (κ3) is 5.94. The third-order valence-corrected chi connectivity index (χ3v) is 12.5. The van der Waals surface area contributed by atoms with Crippen LogP contribution in [0.4, 0.5) is 51.4 Å². The molecule has 0 radical (unpaired) electrons. The minimum absolute atomic E-state index is 0.0205. The van der Waals surface area contributed by atoms with Crippen LogP contribution in [0.2, 0.25) is 0 Å². The molecule has 296 valence electrons. The van der Waals surface area contributed by atoms with E-state index in [9.17, 15) is 0 Å². The number of hydrogen-bond acceptors (Lipinski definition) is 6. The SMILES string of the molecule is CC(C)(C)c1ccc(N(c2ccc(C(C)(C)C)cc2)c2ccc3c(n2)N(c2cccc4c2oc2ccccc24)c2cncc4c2B3c2ccccc2N4c2ccccc2)cc1. The Hall–Kier alpha value is -7.12. The van der Waals surface area contributed by atoms with Crippen molar-refractivity contribution in [2.75, 3.05) is 14.7 Å². The Morgan fingerprint density at radius 1 is 0.508 bits per heavy atom. The van der Waals surface area contributed by atoms with Crippen LogP contribution in [0.25, 0.3) is 21.9 Å². The molecule has 0 amide bonds. The van der Waals surface area contributed by atoms with E-state index in [1.54, 1.807) is 0 Å². The van der Waals surface area contributed by atoms with Crippen LogP contribution in [-0.2, 0) is 10.8 Å². The van der Waals surface area contributed by atoms with E-state index >= 15 is 0 Å². The van der Waals surface area contributed by atoms with Crippen molar-refractivity contribution in [3.8, 4) is 0 Å². The molecule has 7 heteroatoms. The molecular formula is C54H46BN5O. The number of aromatic nitrogens is 2. The number of fused-ring (bicyclic) bond motifs is 7. The normalized spacial score (nSPS) is 13.3. The van der Waals surface area contributed by atoms with Crippen LogP contribution in [0.1, 0.15) is 52.7 Å². The fourth-order valence-corrected chi connectivity index (χ4v) is 9.38. The van der Waals surface area contributed by atoms with Gasteiger partial charge in [0.2, 0.25) is 0 Å². The molecule has 2 aliphatic rings. The lowest BCUT2D eigenvalue weighted by Crippen LogP contribution is -2.61. The first kappa shape index (κ1) is 36.9. The van der Waals surface area contributed by atoms with Gasteiger partial charge in [-0.15, -0.1) is 0 Å². The first-order valence-corrected chi connectivity index (χ1v) is 21.2. The van der Waals surface area contributed by atoms with Gasteiger partial charge in [-0.1, -0.05) is 139 Å². The lowest BCUT2D eigenvalue weighted by molar-refractivity contribution is 0.590. The lowest BCUT2D eigenvalue weighted by atomic mass is 9.34. The van der Waals surface area contributed by atoms with Crippen LogP contribution in [0.3, 0.4) is 0 Å². The van der Waals surface area contributed by atoms with E-state index in [1.807, 2.05) is 24.5 Å². The van der Waals surface area contributed by atoms with E-state index < -0.39 is 0 Å². The summed E-state index contributed by atoms with van der Waals surface area (Å²) in [5, 5.41) is 2.14. The first-order chi connectivity index (χ1) is 29.5. The number of para-hydroxylation sites is 4. The van der Waals surface area contributed by atoms with Crippen molar-refractivity contribution in [1.82, 2.24) is 9.97 Å². The van der Waals surface area contributed by atoms with Crippen LogP contribution in [0.15, 0.2) is 175 Å². The highest BCUT2D eigenvalue weighted by Gasteiger charge is 2.45. The van der Waals surface area contributed by atoms with Crippen molar-refractivity contribution in [1.29, 1.82) is 0 Å². The molecule has 0 atom stereocenters.